The molecular formula is C14H17F3N3O7+. The minimum atomic E-state index is -4.85. The van der Waals surface area contributed by atoms with Crippen LogP contribution < -0.4 is 10.00 Å². The highest BCUT2D eigenvalue weighted by Gasteiger charge is 2.40. The lowest BCUT2D eigenvalue weighted by Crippen LogP contribution is -2.39. The van der Waals surface area contributed by atoms with Gasteiger partial charge in [0, 0.05) is 6.07 Å². The number of hydrogen-bond donors (Lipinski definition) is 2. The predicted octanol–water partition coefficient (Wildman–Crippen LogP) is -0.532. The maximum atomic E-state index is 11.6. The molecule has 1 heterocycles. The van der Waals surface area contributed by atoms with Crippen molar-refractivity contribution in [2.24, 2.45) is 0 Å². The topological polar surface area (TPSA) is 136 Å². The van der Waals surface area contributed by atoms with E-state index in [0.717, 1.165) is 0 Å². The second-order valence-electron chi connectivity index (χ2n) is 4.57. The van der Waals surface area contributed by atoms with Crippen LogP contribution in [0.2, 0.25) is 0 Å². The van der Waals surface area contributed by atoms with E-state index >= 15 is 0 Å². The van der Waals surface area contributed by atoms with Gasteiger partial charge in [0.15, 0.2) is 12.7 Å². The van der Waals surface area contributed by atoms with Gasteiger partial charge in [-0.05, 0) is 5.10 Å². The Morgan fingerprint density at radius 1 is 1.22 bits per heavy atom. The van der Waals surface area contributed by atoms with Crippen molar-refractivity contribution in [3.05, 3.63) is 24.0 Å². The molecule has 0 fully saturated rings. The number of ether oxygens (including phenoxy) is 2. The summed E-state index contributed by atoms with van der Waals surface area (Å²) in [6, 6.07) is 1.49. The van der Waals surface area contributed by atoms with Gasteiger partial charge in [-0.3, -0.25) is 14.4 Å². The zero-order valence-corrected chi connectivity index (χ0v) is 14.3. The quantitative estimate of drug-likeness (QED) is 0.484. The summed E-state index contributed by atoms with van der Waals surface area (Å²) in [5.41, 5.74) is 0.274. The largest absolute Gasteiger partial charge is 0.490 e. The van der Waals surface area contributed by atoms with Crippen molar-refractivity contribution in [1.82, 2.24) is 10.4 Å². The fraction of sp³-hybridized carbons (Fsp3) is 0.429. The van der Waals surface area contributed by atoms with Gasteiger partial charge in [-0.2, -0.15) is 13.2 Å². The standard InChI is InChI=1S/C11H13N3O5.C3H3F3O2/c1-19-10(17)7-12-11(18)8-2-4-14(13-6-8)5-3-9(15)16;1-8-2(7)3(4,5)6/h2,4,6H,3,5,7H2,1H3,(H-,12,15,16,18);1H3/p+1. The molecule has 0 unspecified atom stereocenters. The minimum absolute atomic E-state index is 0.0500. The third-order valence-electron chi connectivity index (χ3n) is 2.63. The van der Waals surface area contributed by atoms with E-state index in [2.05, 4.69) is 19.9 Å². The van der Waals surface area contributed by atoms with E-state index in [0.29, 0.717) is 7.11 Å². The van der Waals surface area contributed by atoms with E-state index in [1.54, 1.807) is 0 Å². The van der Waals surface area contributed by atoms with E-state index in [4.69, 9.17) is 5.11 Å². The smallest absolute Gasteiger partial charge is 0.481 e. The highest BCUT2D eigenvalue weighted by Crippen LogP contribution is 2.15. The van der Waals surface area contributed by atoms with Crippen LogP contribution in [-0.4, -0.2) is 61.0 Å². The zero-order chi connectivity index (χ0) is 21.0. The molecule has 1 amide bonds. The predicted molar refractivity (Wildman–Crippen MR) is 79.1 cm³/mol. The average molecular weight is 396 g/mol. The molecule has 0 aromatic carbocycles. The molecule has 0 radical (unpaired) electrons. The number of aromatic nitrogens is 2. The van der Waals surface area contributed by atoms with Crippen LogP contribution in [0.1, 0.15) is 16.8 Å². The Kier molecular flexibility index (Phi) is 10.0. The van der Waals surface area contributed by atoms with Crippen LogP contribution in [-0.2, 0) is 30.4 Å². The number of halogens is 3. The van der Waals surface area contributed by atoms with E-state index < -0.39 is 30.0 Å². The van der Waals surface area contributed by atoms with Crippen molar-refractivity contribution in [3.63, 3.8) is 0 Å². The van der Waals surface area contributed by atoms with Crippen molar-refractivity contribution in [2.75, 3.05) is 20.8 Å². The van der Waals surface area contributed by atoms with E-state index in [1.165, 1.54) is 30.3 Å². The van der Waals surface area contributed by atoms with Gasteiger partial charge in [-0.15, -0.1) is 0 Å². The van der Waals surface area contributed by atoms with Crippen LogP contribution in [0.3, 0.4) is 0 Å². The number of hydrogen-bond acceptors (Lipinski definition) is 7. The lowest BCUT2D eigenvalue weighted by Gasteiger charge is -2.02. The maximum absolute atomic E-state index is 11.6. The SMILES string of the molecule is COC(=O)C(F)(F)F.COC(=O)CNC(=O)c1cc[n+](CCC(=O)O)nc1. The van der Waals surface area contributed by atoms with Crippen molar-refractivity contribution < 1.29 is 51.6 Å². The third kappa shape index (κ3) is 10.4. The Bertz CT molecular complexity index is 663. The second kappa shape index (κ2) is 11.4. The fourth-order valence-electron chi connectivity index (χ4n) is 1.30. The van der Waals surface area contributed by atoms with Gasteiger partial charge >= 0.3 is 24.1 Å². The van der Waals surface area contributed by atoms with Crippen LogP contribution in [0.5, 0.6) is 0 Å². The number of aliphatic carboxylic acids is 1. The van der Waals surface area contributed by atoms with Crippen molar-refractivity contribution in [3.8, 4) is 0 Å². The number of carboxylic acids is 1. The van der Waals surface area contributed by atoms with Gasteiger partial charge in [-0.1, -0.05) is 4.68 Å². The number of amides is 1. The van der Waals surface area contributed by atoms with Gasteiger partial charge in [0.05, 0.1) is 19.8 Å². The van der Waals surface area contributed by atoms with Crippen molar-refractivity contribution >= 4 is 23.8 Å². The highest BCUT2D eigenvalue weighted by atomic mass is 19.4. The van der Waals surface area contributed by atoms with Gasteiger partial charge in [-0.25, -0.2) is 4.79 Å². The third-order valence-corrected chi connectivity index (χ3v) is 2.63. The summed E-state index contributed by atoms with van der Waals surface area (Å²) in [5.74, 6) is -4.09. The molecule has 0 saturated carbocycles. The van der Waals surface area contributed by atoms with Crippen LogP contribution in [0, 0.1) is 0 Å². The number of rotatable bonds is 6. The molecule has 0 aliphatic rings. The molecule has 0 saturated heterocycles. The fourth-order valence-corrected chi connectivity index (χ4v) is 1.30. The molecule has 27 heavy (non-hydrogen) atoms. The van der Waals surface area contributed by atoms with E-state index in [9.17, 15) is 32.3 Å². The molecule has 0 aliphatic heterocycles. The number of nitrogens with zero attached hydrogens (tertiary/aromatic N) is 2. The Hall–Kier alpha value is -3.25. The molecule has 1 aromatic rings. The summed E-state index contributed by atoms with van der Waals surface area (Å²) in [6.07, 6.45) is -2.11. The summed E-state index contributed by atoms with van der Waals surface area (Å²) in [6.45, 7) is 0.00261. The molecule has 0 bridgehead atoms. The molecule has 1 rings (SSSR count). The molecule has 0 aliphatic carbocycles. The van der Waals surface area contributed by atoms with Gasteiger partial charge in [0.2, 0.25) is 0 Å². The normalized spacial score (nSPS) is 10.1. The van der Waals surface area contributed by atoms with Crippen molar-refractivity contribution in [1.29, 1.82) is 0 Å². The Morgan fingerprint density at radius 3 is 2.22 bits per heavy atom. The first-order chi connectivity index (χ1) is 12.5. The first-order valence-corrected chi connectivity index (χ1v) is 7.09. The number of nitrogens with one attached hydrogen (secondary N) is 1. The number of aryl methyl sites for hydroxylation is 1. The summed E-state index contributed by atoms with van der Waals surface area (Å²) >= 11 is 0. The molecule has 1 aromatic heterocycles. The lowest BCUT2D eigenvalue weighted by atomic mass is 10.3. The van der Waals surface area contributed by atoms with Crippen LogP contribution in [0.15, 0.2) is 18.5 Å². The summed E-state index contributed by atoms with van der Waals surface area (Å²) in [4.78, 5) is 42.3. The number of carbonyl (C=O) groups is 4. The van der Waals surface area contributed by atoms with Gasteiger partial charge < -0.3 is 19.9 Å². The molecular weight excluding hydrogens is 379 g/mol. The first kappa shape index (κ1) is 23.8. The van der Waals surface area contributed by atoms with Gasteiger partial charge in [0.25, 0.3) is 5.91 Å². The summed E-state index contributed by atoms with van der Waals surface area (Å²) in [5, 5.41) is 14.8. The zero-order valence-electron chi connectivity index (χ0n) is 14.3. The van der Waals surface area contributed by atoms with Crippen LogP contribution in [0.4, 0.5) is 13.2 Å². The van der Waals surface area contributed by atoms with Crippen LogP contribution >= 0.6 is 0 Å². The molecule has 13 heteroatoms. The average Bonchev–Trinajstić information content (AvgIpc) is 2.63. The molecule has 10 nitrogen and oxygen atoms in total. The second-order valence-corrected chi connectivity index (χ2v) is 4.57. The summed E-state index contributed by atoms with van der Waals surface area (Å²) in [7, 11) is 1.90. The Labute approximate surface area is 150 Å². The van der Waals surface area contributed by atoms with Crippen LogP contribution in [0.25, 0.3) is 0 Å². The first-order valence-electron chi connectivity index (χ1n) is 7.09. The monoisotopic (exact) mass is 396 g/mol. The molecule has 150 valence electrons. The molecule has 0 atom stereocenters. The Morgan fingerprint density at radius 2 is 1.85 bits per heavy atom. The number of carbonyl (C=O) groups excluding carboxylic acids is 3. The van der Waals surface area contributed by atoms with Gasteiger partial charge in [0.1, 0.15) is 19.2 Å². The highest BCUT2D eigenvalue weighted by molar-refractivity contribution is 5.95. The number of esters is 2. The number of methoxy groups -OCH3 is 2. The van der Waals surface area contributed by atoms with E-state index in [1.807, 2.05) is 0 Å². The Balaban J connectivity index is 0.000000713. The summed E-state index contributed by atoms with van der Waals surface area (Å²) < 4.78 is 42.1. The number of alkyl halides is 3. The van der Waals surface area contributed by atoms with Crippen molar-refractivity contribution in [2.45, 2.75) is 19.1 Å². The van der Waals surface area contributed by atoms with E-state index in [-0.39, 0.29) is 25.1 Å². The maximum Gasteiger partial charge on any atom is 0.490 e. The number of carboxylic acid groups (broad SMARTS) is 1. The molecule has 2 N–H and O–H groups in total. The minimum Gasteiger partial charge on any atom is -0.481 e. The lowest BCUT2D eigenvalue weighted by molar-refractivity contribution is -0.753. The molecule has 0 spiro atoms.